The Morgan fingerprint density at radius 1 is 0.431 bits per heavy atom. The van der Waals surface area contributed by atoms with Gasteiger partial charge in [-0.2, -0.15) is 0 Å². The molecule has 0 amide bonds. The van der Waals surface area contributed by atoms with E-state index in [4.69, 9.17) is 4.42 Å². The molecule has 7 aromatic carbocycles. The number of thiophene rings is 2. The molecule has 6 heteroatoms. The zero-order valence-electron chi connectivity index (χ0n) is 27.4. The molecule has 1 fully saturated rings. The van der Waals surface area contributed by atoms with Gasteiger partial charge in [-0.25, -0.2) is 0 Å². The minimum atomic E-state index is -0.122. The number of benzene rings is 7. The summed E-state index contributed by atoms with van der Waals surface area (Å²) >= 11 is 3.76. The first-order chi connectivity index (χ1) is 25.2. The highest BCUT2D eigenvalue weighted by Gasteiger charge is 2.31. The smallest absolute Gasteiger partial charge is 0.135 e. The van der Waals surface area contributed by atoms with E-state index in [0.29, 0.717) is 0 Å². The maximum absolute atomic E-state index is 6.29. The molecule has 0 saturated carbocycles. The molecule has 244 valence electrons. The van der Waals surface area contributed by atoms with Gasteiger partial charge in [-0.05, 0) is 64.2 Å². The molecule has 0 spiro atoms. The first-order valence-electron chi connectivity index (χ1n) is 17.4. The molecule has 1 aliphatic rings. The summed E-state index contributed by atoms with van der Waals surface area (Å²) in [6.45, 7) is 0. The maximum atomic E-state index is 6.29. The van der Waals surface area contributed by atoms with Crippen LogP contribution in [0.25, 0.3) is 73.4 Å². The zero-order chi connectivity index (χ0) is 33.5. The van der Waals surface area contributed by atoms with Crippen LogP contribution in [0.4, 0.5) is 0 Å². The summed E-state index contributed by atoms with van der Waals surface area (Å²) in [5.41, 5.74) is 7.95. The van der Waals surface area contributed by atoms with Gasteiger partial charge in [0.05, 0.1) is 18.5 Å². The van der Waals surface area contributed by atoms with Gasteiger partial charge in [0.1, 0.15) is 11.2 Å². The molecule has 51 heavy (non-hydrogen) atoms. The largest absolute Gasteiger partial charge is 0.456 e. The number of fused-ring (bicyclic) bond motifs is 9. The summed E-state index contributed by atoms with van der Waals surface area (Å²) in [6.07, 6.45) is -0.276. The van der Waals surface area contributed by atoms with Crippen molar-refractivity contribution in [2.75, 3.05) is 0 Å². The van der Waals surface area contributed by atoms with Gasteiger partial charge < -0.3 is 4.42 Å². The van der Waals surface area contributed by atoms with Crippen LogP contribution in [0.1, 0.15) is 35.2 Å². The normalized spacial score (nSPS) is 18.2. The number of hydrogen-bond acceptors (Lipinski definition) is 6. The Balaban J connectivity index is 0.999. The number of para-hydroxylation sites is 1. The lowest BCUT2D eigenvalue weighted by atomic mass is 9.99. The Hall–Kier alpha value is -5.34. The number of hydrogen-bond donors (Lipinski definition) is 3. The van der Waals surface area contributed by atoms with E-state index in [-0.39, 0.29) is 18.5 Å². The van der Waals surface area contributed by atoms with E-state index in [9.17, 15) is 0 Å². The van der Waals surface area contributed by atoms with Crippen LogP contribution in [0.2, 0.25) is 0 Å². The Morgan fingerprint density at radius 2 is 1.14 bits per heavy atom. The van der Waals surface area contributed by atoms with Gasteiger partial charge in [-0.1, -0.05) is 115 Å². The van der Waals surface area contributed by atoms with Crippen LogP contribution in [-0.4, -0.2) is 0 Å². The summed E-state index contributed by atoms with van der Waals surface area (Å²) in [5, 5.41) is 19.2. The minimum absolute atomic E-state index is 0.0619. The summed E-state index contributed by atoms with van der Waals surface area (Å²) < 4.78 is 11.6. The Bertz CT molecular complexity index is 2940. The molecule has 3 N–H and O–H groups in total. The zero-order valence-corrected chi connectivity index (χ0v) is 29.0. The summed E-state index contributed by atoms with van der Waals surface area (Å²) in [4.78, 5) is 0. The molecule has 4 heterocycles. The lowest BCUT2D eigenvalue weighted by Crippen LogP contribution is -2.54. The van der Waals surface area contributed by atoms with E-state index in [1.165, 1.54) is 68.2 Å². The van der Waals surface area contributed by atoms with Crippen molar-refractivity contribution in [1.29, 1.82) is 0 Å². The fourth-order valence-corrected chi connectivity index (χ4v) is 10.4. The van der Waals surface area contributed by atoms with Crippen molar-refractivity contribution < 1.29 is 4.42 Å². The van der Waals surface area contributed by atoms with Gasteiger partial charge in [0, 0.05) is 51.1 Å². The molecule has 0 bridgehead atoms. The third kappa shape index (κ3) is 4.76. The molecule has 10 aromatic rings. The van der Waals surface area contributed by atoms with Crippen molar-refractivity contribution in [2.45, 2.75) is 18.5 Å². The summed E-state index contributed by atoms with van der Waals surface area (Å²) in [5.74, 6) is 0. The van der Waals surface area contributed by atoms with Crippen molar-refractivity contribution in [3.8, 4) is 11.1 Å². The van der Waals surface area contributed by atoms with Crippen molar-refractivity contribution in [1.82, 2.24) is 16.0 Å². The van der Waals surface area contributed by atoms with E-state index in [0.717, 1.165) is 21.9 Å². The Morgan fingerprint density at radius 3 is 2.06 bits per heavy atom. The summed E-state index contributed by atoms with van der Waals surface area (Å²) in [7, 11) is 0. The maximum Gasteiger partial charge on any atom is 0.135 e. The van der Waals surface area contributed by atoms with Gasteiger partial charge in [-0.3, -0.25) is 16.0 Å². The van der Waals surface area contributed by atoms with Gasteiger partial charge in [0.2, 0.25) is 0 Å². The topological polar surface area (TPSA) is 49.2 Å². The van der Waals surface area contributed by atoms with Gasteiger partial charge in [-0.15, -0.1) is 22.7 Å². The average molecular weight is 694 g/mol. The number of rotatable bonds is 4. The van der Waals surface area contributed by atoms with Crippen LogP contribution >= 0.6 is 22.7 Å². The monoisotopic (exact) mass is 693 g/mol. The van der Waals surface area contributed by atoms with Crippen LogP contribution in [0.15, 0.2) is 156 Å². The fourth-order valence-electron chi connectivity index (χ4n) is 8.01. The molecule has 1 aliphatic heterocycles. The average Bonchev–Trinajstić information content (AvgIpc) is 3.88. The van der Waals surface area contributed by atoms with Gasteiger partial charge >= 0.3 is 0 Å². The molecule has 0 radical (unpaired) electrons. The first kappa shape index (κ1) is 29.4. The molecular weight excluding hydrogens is 663 g/mol. The third-order valence-electron chi connectivity index (χ3n) is 10.4. The highest BCUT2D eigenvalue weighted by atomic mass is 32.1. The first-order valence-corrected chi connectivity index (χ1v) is 19.0. The molecular formula is C45H31N3OS2. The van der Waals surface area contributed by atoms with Crippen LogP contribution in [-0.2, 0) is 0 Å². The number of nitrogens with one attached hydrogen (secondary N) is 3. The second-order valence-electron chi connectivity index (χ2n) is 13.4. The van der Waals surface area contributed by atoms with Crippen LogP contribution in [0, 0.1) is 0 Å². The Kier molecular flexibility index (Phi) is 6.69. The lowest BCUT2D eigenvalue weighted by molar-refractivity contribution is 0.204. The predicted octanol–water partition coefficient (Wildman–Crippen LogP) is 12.2. The van der Waals surface area contributed by atoms with Crippen molar-refractivity contribution in [3.63, 3.8) is 0 Å². The van der Waals surface area contributed by atoms with Gasteiger partial charge in [0.25, 0.3) is 0 Å². The van der Waals surface area contributed by atoms with E-state index in [2.05, 4.69) is 155 Å². The second-order valence-corrected chi connectivity index (χ2v) is 15.5. The van der Waals surface area contributed by atoms with Gasteiger partial charge in [0.15, 0.2) is 0 Å². The molecule has 1 saturated heterocycles. The molecule has 3 atom stereocenters. The van der Waals surface area contributed by atoms with Crippen molar-refractivity contribution >= 4 is 85.0 Å². The highest BCUT2D eigenvalue weighted by Crippen LogP contribution is 2.43. The highest BCUT2D eigenvalue weighted by molar-refractivity contribution is 7.26. The van der Waals surface area contributed by atoms with E-state index >= 15 is 0 Å². The van der Waals surface area contributed by atoms with E-state index in [1.54, 1.807) is 0 Å². The van der Waals surface area contributed by atoms with Crippen LogP contribution < -0.4 is 16.0 Å². The standard InChI is InChI=1S/C45H31N3OS2/c1-2-10-26(11-3-1)43-46-44(48-45(47-43)34-16-9-18-37-41(34)33-13-4-6-17-36(33)49-37)28-20-22-31-35-24-27(21-23-39(35)50-40(31)25-28)29-14-8-15-32-30-12-5-7-19-38(30)51-42(29)32/h1-25,43-48H. The molecule has 3 unspecified atom stereocenters. The summed E-state index contributed by atoms with van der Waals surface area (Å²) in [6, 6.07) is 54.8. The van der Waals surface area contributed by atoms with Crippen LogP contribution in [0.3, 0.4) is 0 Å². The quantitative estimate of drug-likeness (QED) is 0.172. The minimum Gasteiger partial charge on any atom is -0.456 e. The van der Waals surface area contributed by atoms with E-state index in [1.807, 2.05) is 34.8 Å². The number of furan rings is 1. The molecule has 4 nitrogen and oxygen atoms in total. The van der Waals surface area contributed by atoms with Crippen molar-refractivity contribution in [3.05, 3.63) is 168 Å². The lowest BCUT2D eigenvalue weighted by Gasteiger charge is -2.40. The second kappa shape index (κ2) is 11.6. The molecule has 0 aliphatic carbocycles. The van der Waals surface area contributed by atoms with Crippen LogP contribution in [0.5, 0.6) is 0 Å². The fraction of sp³-hybridized carbons (Fsp3) is 0.0667. The van der Waals surface area contributed by atoms with Crippen molar-refractivity contribution in [2.24, 2.45) is 0 Å². The molecule has 3 aromatic heterocycles. The Labute approximate surface area is 302 Å². The SMILES string of the molecule is c1ccc(C2NC(c3ccc4c(c3)sc3ccc(-c5cccc6c5sc5ccccc56)cc34)NC(c3cccc4oc5ccccc5c34)N2)cc1. The predicted molar refractivity (Wildman–Crippen MR) is 215 cm³/mol. The molecule has 11 rings (SSSR count). The third-order valence-corrected chi connectivity index (χ3v) is 12.8. The van der Waals surface area contributed by atoms with E-state index < -0.39 is 0 Å².